The van der Waals surface area contributed by atoms with Crippen LogP contribution in [0, 0.1) is 0 Å². The van der Waals surface area contributed by atoms with Crippen molar-refractivity contribution in [3.63, 3.8) is 0 Å². The van der Waals surface area contributed by atoms with Gasteiger partial charge in [0.05, 0.1) is 0 Å². The molecule has 0 heterocycles. The second-order valence-corrected chi connectivity index (χ2v) is 6.07. The molecule has 4 nitrogen and oxygen atoms in total. The van der Waals surface area contributed by atoms with Crippen LogP contribution in [-0.4, -0.2) is 11.9 Å². The van der Waals surface area contributed by atoms with Crippen LogP contribution in [0.5, 0.6) is 0 Å². The molecule has 0 amide bonds. The summed E-state index contributed by atoms with van der Waals surface area (Å²) in [5.74, 6) is -0.812. The highest BCUT2D eigenvalue weighted by molar-refractivity contribution is 5.87. The van der Waals surface area contributed by atoms with Crippen molar-refractivity contribution < 1.29 is 19.1 Å². The summed E-state index contributed by atoms with van der Waals surface area (Å²) in [5.41, 5.74) is 4.50. The second kappa shape index (κ2) is 8.81. The second-order valence-electron chi connectivity index (χ2n) is 6.07. The summed E-state index contributed by atoms with van der Waals surface area (Å²) in [6.07, 6.45) is 0. The number of rotatable bonds is 7. The highest BCUT2D eigenvalue weighted by Gasteiger charge is 2.09. The Morgan fingerprint density at radius 3 is 1.92 bits per heavy atom. The maximum Gasteiger partial charge on any atom is 0.333 e. The first-order valence-electron chi connectivity index (χ1n) is 8.21. The molecule has 2 aromatic rings. The molecule has 134 valence electrons. The lowest BCUT2D eigenvalue weighted by molar-refractivity contribution is -0.141. The lowest BCUT2D eigenvalue weighted by atomic mass is 9.99. The van der Waals surface area contributed by atoms with Gasteiger partial charge in [0, 0.05) is 11.1 Å². The third-order valence-corrected chi connectivity index (χ3v) is 3.71. The summed E-state index contributed by atoms with van der Waals surface area (Å²) in [4.78, 5) is 23.1. The summed E-state index contributed by atoms with van der Waals surface area (Å²) in [6.45, 7) is 10.7. The van der Waals surface area contributed by atoms with E-state index in [4.69, 9.17) is 9.47 Å². The fraction of sp³-hybridized carbons (Fsp3) is 0.182. The molecule has 0 fully saturated rings. The van der Waals surface area contributed by atoms with Gasteiger partial charge in [-0.3, -0.25) is 0 Å². The Hall–Kier alpha value is -3.14. The van der Waals surface area contributed by atoms with Crippen LogP contribution in [0.15, 0.2) is 72.8 Å². The van der Waals surface area contributed by atoms with Gasteiger partial charge in [-0.05, 0) is 36.1 Å². The Kier molecular flexibility index (Phi) is 6.50. The van der Waals surface area contributed by atoms with Crippen LogP contribution < -0.4 is 0 Å². The molecule has 4 heteroatoms. The molecule has 0 atom stereocenters. The van der Waals surface area contributed by atoms with E-state index in [1.54, 1.807) is 13.8 Å². The minimum Gasteiger partial charge on any atom is -0.457 e. The molecule has 0 aliphatic heterocycles. The number of carbonyl (C=O) groups excluding carboxylic acids is 2. The van der Waals surface area contributed by atoms with Crippen LogP contribution in [0.2, 0.25) is 0 Å². The molecule has 0 N–H and O–H groups in total. The standard InChI is InChI=1S/C22H22O4/c1-15(2)21(23)25-13-17-9-11-18(12-10-17)20-8-6-5-7-19(20)14-26-22(24)16(3)4/h5-12H,1,3,13-14H2,2,4H3. The molecule has 0 bridgehead atoms. The summed E-state index contributed by atoms with van der Waals surface area (Å²) in [6, 6.07) is 15.4. The van der Waals surface area contributed by atoms with E-state index in [-0.39, 0.29) is 13.2 Å². The molecule has 2 aromatic carbocycles. The van der Waals surface area contributed by atoms with Crippen molar-refractivity contribution in [3.05, 3.63) is 84.0 Å². The van der Waals surface area contributed by atoms with Crippen molar-refractivity contribution in [2.75, 3.05) is 0 Å². The zero-order chi connectivity index (χ0) is 19.1. The van der Waals surface area contributed by atoms with Crippen LogP contribution in [0.4, 0.5) is 0 Å². The Labute approximate surface area is 153 Å². The number of carbonyl (C=O) groups is 2. The molecule has 0 radical (unpaired) electrons. The Morgan fingerprint density at radius 2 is 1.35 bits per heavy atom. The van der Waals surface area contributed by atoms with E-state index in [9.17, 15) is 9.59 Å². The van der Waals surface area contributed by atoms with Gasteiger partial charge in [-0.25, -0.2) is 9.59 Å². The third kappa shape index (κ3) is 5.18. The van der Waals surface area contributed by atoms with Crippen molar-refractivity contribution in [3.8, 4) is 11.1 Å². The van der Waals surface area contributed by atoms with Gasteiger partial charge in [0.15, 0.2) is 0 Å². The summed E-state index contributed by atoms with van der Waals surface area (Å²) < 4.78 is 10.4. The Morgan fingerprint density at radius 1 is 0.808 bits per heavy atom. The molecule has 2 rings (SSSR count). The minimum absolute atomic E-state index is 0.180. The molecule has 0 saturated heterocycles. The van der Waals surface area contributed by atoms with Crippen LogP contribution in [0.3, 0.4) is 0 Å². The molecule has 0 aliphatic carbocycles. The average Bonchev–Trinajstić information content (AvgIpc) is 2.64. The van der Waals surface area contributed by atoms with Crippen LogP contribution in [-0.2, 0) is 32.3 Å². The zero-order valence-electron chi connectivity index (χ0n) is 15.1. The normalized spacial score (nSPS) is 10.1. The quantitative estimate of drug-likeness (QED) is 0.541. The number of hydrogen-bond donors (Lipinski definition) is 0. The molecule has 0 aromatic heterocycles. The fourth-order valence-corrected chi connectivity index (χ4v) is 2.25. The maximum atomic E-state index is 11.6. The summed E-state index contributed by atoms with van der Waals surface area (Å²) >= 11 is 0. The van der Waals surface area contributed by atoms with Crippen LogP contribution in [0.25, 0.3) is 11.1 Å². The van der Waals surface area contributed by atoms with E-state index in [1.165, 1.54) is 0 Å². The van der Waals surface area contributed by atoms with Crippen molar-refractivity contribution in [2.45, 2.75) is 27.1 Å². The van der Waals surface area contributed by atoms with Gasteiger partial charge in [-0.1, -0.05) is 61.7 Å². The number of ether oxygens (including phenoxy) is 2. The fourth-order valence-electron chi connectivity index (χ4n) is 2.25. The largest absolute Gasteiger partial charge is 0.457 e. The number of hydrogen-bond acceptors (Lipinski definition) is 4. The monoisotopic (exact) mass is 350 g/mol. The van der Waals surface area contributed by atoms with E-state index in [2.05, 4.69) is 13.2 Å². The topological polar surface area (TPSA) is 52.6 Å². The van der Waals surface area contributed by atoms with Gasteiger partial charge < -0.3 is 9.47 Å². The van der Waals surface area contributed by atoms with E-state index < -0.39 is 11.9 Å². The smallest absolute Gasteiger partial charge is 0.333 e. The minimum atomic E-state index is -0.408. The van der Waals surface area contributed by atoms with E-state index in [1.807, 2.05) is 48.5 Å². The Balaban J connectivity index is 2.11. The maximum absolute atomic E-state index is 11.6. The molecular weight excluding hydrogens is 328 g/mol. The van der Waals surface area contributed by atoms with Crippen molar-refractivity contribution in [2.24, 2.45) is 0 Å². The molecule has 0 aliphatic rings. The molecule has 0 saturated carbocycles. The number of benzene rings is 2. The van der Waals surface area contributed by atoms with Crippen molar-refractivity contribution in [1.82, 2.24) is 0 Å². The third-order valence-electron chi connectivity index (χ3n) is 3.71. The highest BCUT2D eigenvalue weighted by atomic mass is 16.5. The van der Waals surface area contributed by atoms with Gasteiger partial charge in [-0.15, -0.1) is 0 Å². The first-order chi connectivity index (χ1) is 12.4. The predicted molar refractivity (Wildman–Crippen MR) is 101 cm³/mol. The van der Waals surface area contributed by atoms with Crippen LogP contribution >= 0.6 is 0 Å². The van der Waals surface area contributed by atoms with Gasteiger partial charge in [0.25, 0.3) is 0 Å². The van der Waals surface area contributed by atoms with Gasteiger partial charge >= 0.3 is 11.9 Å². The van der Waals surface area contributed by atoms with Crippen molar-refractivity contribution in [1.29, 1.82) is 0 Å². The van der Waals surface area contributed by atoms with E-state index in [0.29, 0.717) is 11.1 Å². The SMILES string of the molecule is C=C(C)C(=O)OCc1ccc(-c2ccccc2COC(=O)C(=C)C)cc1. The predicted octanol–water partition coefficient (Wildman–Crippen LogP) is 4.59. The first kappa shape index (κ1) is 19.2. The Bertz CT molecular complexity index is 831. The zero-order valence-corrected chi connectivity index (χ0v) is 15.1. The average molecular weight is 350 g/mol. The summed E-state index contributed by atoms with van der Waals surface area (Å²) in [5, 5.41) is 0. The summed E-state index contributed by atoms with van der Waals surface area (Å²) in [7, 11) is 0. The number of esters is 2. The van der Waals surface area contributed by atoms with Gasteiger partial charge in [0.1, 0.15) is 13.2 Å². The van der Waals surface area contributed by atoms with Crippen molar-refractivity contribution >= 4 is 11.9 Å². The molecule has 0 unspecified atom stereocenters. The van der Waals surface area contributed by atoms with Gasteiger partial charge in [-0.2, -0.15) is 0 Å². The van der Waals surface area contributed by atoms with Gasteiger partial charge in [0.2, 0.25) is 0 Å². The van der Waals surface area contributed by atoms with E-state index >= 15 is 0 Å². The lowest BCUT2D eigenvalue weighted by Gasteiger charge is -2.11. The molecule has 0 spiro atoms. The first-order valence-corrected chi connectivity index (χ1v) is 8.21. The van der Waals surface area contributed by atoms with E-state index in [0.717, 1.165) is 22.3 Å². The van der Waals surface area contributed by atoms with Crippen LogP contribution in [0.1, 0.15) is 25.0 Å². The molecular formula is C22H22O4. The molecule has 26 heavy (non-hydrogen) atoms. The highest BCUT2D eigenvalue weighted by Crippen LogP contribution is 2.25. The lowest BCUT2D eigenvalue weighted by Crippen LogP contribution is -2.05.